The Kier molecular flexibility index (Phi) is 10.7. The maximum atomic E-state index is 13.2. The zero-order valence-electron chi connectivity index (χ0n) is 25.7. The first-order chi connectivity index (χ1) is 21.9. The molecule has 0 bridgehead atoms. The number of rotatable bonds is 12. The molecule has 4 aromatic rings. The van der Waals surface area contributed by atoms with Gasteiger partial charge in [0.2, 0.25) is 15.9 Å². The molecule has 13 nitrogen and oxygen atoms in total. The Hall–Kier alpha value is -5.34. The molecule has 0 aliphatic rings. The van der Waals surface area contributed by atoms with Gasteiger partial charge in [0.1, 0.15) is 16.5 Å². The van der Waals surface area contributed by atoms with Crippen molar-refractivity contribution in [2.75, 3.05) is 36.7 Å². The number of sulfonamides is 1. The summed E-state index contributed by atoms with van der Waals surface area (Å²) in [6, 6.07) is 16.8. The van der Waals surface area contributed by atoms with Crippen LogP contribution in [0.15, 0.2) is 90.2 Å². The number of carboxylic acids is 1. The predicted molar refractivity (Wildman–Crippen MR) is 172 cm³/mol. The molecule has 0 aliphatic heterocycles. The lowest BCUT2D eigenvalue weighted by molar-refractivity contribution is -0.138. The standard InChI is InChI=1S/C32H34N6O7S/c1-21-8-5-6-10-25(21)35-32(42)36-26-13-11-22(16-28(26)45-4)17-30(39)37(2)29-14-12-23(19-34-29)27(18-31(40)41)38(3)46(43,44)24-9-7-15-33-20-24/h5-16,19-20,27H,17-18H2,1-4H3,(H,40,41)(H2,35,36,42). The fraction of sp³-hybridized carbons (Fsp3) is 0.219. The monoisotopic (exact) mass is 646 g/mol. The summed E-state index contributed by atoms with van der Waals surface area (Å²) in [5.74, 6) is -0.860. The van der Waals surface area contributed by atoms with E-state index in [1.807, 2.05) is 25.1 Å². The molecule has 1 unspecified atom stereocenters. The number of urea groups is 1. The number of aliphatic carboxylic acids is 1. The summed E-state index contributed by atoms with van der Waals surface area (Å²) in [4.78, 5) is 46.8. The largest absolute Gasteiger partial charge is 0.495 e. The number of anilines is 3. The summed E-state index contributed by atoms with van der Waals surface area (Å²) in [7, 11) is 0.238. The molecule has 1 atom stereocenters. The van der Waals surface area contributed by atoms with E-state index in [1.54, 1.807) is 37.4 Å². The van der Waals surface area contributed by atoms with Crippen molar-refractivity contribution in [2.24, 2.45) is 0 Å². The third-order valence-corrected chi connectivity index (χ3v) is 9.10. The number of carbonyl (C=O) groups is 3. The molecule has 0 fully saturated rings. The molecule has 4 rings (SSSR count). The van der Waals surface area contributed by atoms with Crippen molar-refractivity contribution in [2.45, 2.75) is 30.7 Å². The van der Waals surface area contributed by atoms with Gasteiger partial charge >= 0.3 is 12.0 Å². The molecule has 3 N–H and O–H groups in total. The van der Waals surface area contributed by atoms with Gasteiger partial charge in [-0.15, -0.1) is 0 Å². The quantitative estimate of drug-likeness (QED) is 0.201. The number of benzene rings is 2. The zero-order chi connectivity index (χ0) is 33.4. The number of carbonyl (C=O) groups excluding carboxylic acids is 2. The summed E-state index contributed by atoms with van der Waals surface area (Å²) < 4.78 is 32.7. The number of carboxylic acid groups (broad SMARTS) is 1. The summed E-state index contributed by atoms with van der Waals surface area (Å²) in [6.07, 6.45) is 3.46. The number of pyridine rings is 2. The van der Waals surface area contributed by atoms with Crippen molar-refractivity contribution in [3.8, 4) is 5.75 Å². The smallest absolute Gasteiger partial charge is 0.323 e. The van der Waals surface area contributed by atoms with E-state index in [0.29, 0.717) is 28.3 Å². The minimum atomic E-state index is -4.06. The van der Waals surface area contributed by atoms with Gasteiger partial charge in [0, 0.05) is 38.4 Å². The number of nitrogens with one attached hydrogen (secondary N) is 2. The van der Waals surface area contributed by atoms with Gasteiger partial charge in [-0.05, 0) is 60.0 Å². The van der Waals surface area contributed by atoms with Crippen LogP contribution in [0, 0.1) is 6.92 Å². The molecule has 0 aliphatic carbocycles. The Balaban J connectivity index is 1.45. The van der Waals surface area contributed by atoms with Crippen molar-refractivity contribution in [1.82, 2.24) is 14.3 Å². The Morgan fingerprint density at radius 2 is 1.70 bits per heavy atom. The Morgan fingerprint density at radius 3 is 2.33 bits per heavy atom. The molecule has 0 saturated carbocycles. The second-order valence-electron chi connectivity index (χ2n) is 10.3. The molecule has 2 aromatic carbocycles. The average Bonchev–Trinajstić information content (AvgIpc) is 3.05. The third kappa shape index (κ3) is 8.02. The van der Waals surface area contributed by atoms with E-state index in [9.17, 15) is 27.9 Å². The van der Waals surface area contributed by atoms with E-state index in [1.165, 1.54) is 55.8 Å². The van der Waals surface area contributed by atoms with Gasteiger partial charge in [-0.3, -0.25) is 19.5 Å². The van der Waals surface area contributed by atoms with E-state index in [0.717, 1.165) is 9.87 Å². The number of hydrogen-bond acceptors (Lipinski definition) is 8. The fourth-order valence-corrected chi connectivity index (χ4v) is 5.92. The van der Waals surface area contributed by atoms with Crippen LogP contribution in [0.2, 0.25) is 0 Å². The highest BCUT2D eigenvalue weighted by molar-refractivity contribution is 7.89. The Labute approximate surface area is 266 Å². The summed E-state index contributed by atoms with van der Waals surface area (Å²) in [5.41, 5.74) is 2.96. The topological polar surface area (TPSA) is 171 Å². The number of likely N-dealkylation sites (N-methyl/N-ethyl adjacent to an activating group) is 1. The number of aryl methyl sites for hydroxylation is 1. The highest BCUT2D eigenvalue weighted by atomic mass is 32.2. The molecule has 3 amide bonds. The van der Waals surface area contributed by atoms with Gasteiger partial charge in [-0.1, -0.05) is 30.3 Å². The summed E-state index contributed by atoms with van der Waals surface area (Å²) in [6.45, 7) is 1.88. The van der Waals surface area contributed by atoms with E-state index >= 15 is 0 Å². The molecule has 0 spiro atoms. The molecular formula is C32H34N6O7S. The summed E-state index contributed by atoms with van der Waals surface area (Å²) >= 11 is 0. The van der Waals surface area contributed by atoms with Crippen LogP contribution in [-0.4, -0.2) is 66.9 Å². The van der Waals surface area contributed by atoms with Crippen LogP contribution < -0.4 is 20.3 Å². The van der Waals surface area contributed by atoms with Crippen LogP contribution in [0.5, 0.6) is 5.75 Å². The van der Waals surface area contributed by atoms with Crippen LogP contribution in [0.4, 0.5) is 22.0 Å². The lowest BCUT2D eigenvalue weighted by atomic mass is 10.1. The van der Waals surface area contributed by atoms with Crippen molar-refractivity contribution in [3.05, 3.63) is 102 Å². The highest BCUT2D eigenvalue weighted by Gasteiger charge is 2.31. The molecule has 0 saturated heterocycles. The predicted octanol–water partition coefficient (Wildman–Crippen LogP) is 4.48. The SMILES string of the molecule is COc1cc(CC(=O)N(C)c2ccc(C(CC(=O)O)N(C)S(=O)(=O)c3cccnc3)cn2)ccc1NC(=O)Nc1ccccc1C. The van der Waals surface area contributed by atoms with Gasteiger partial charge < -0.3 is 20.5 Å². The average molecular weight is 647 g/mol. The first-order valence-electron chi connectivity index (χ1n) is 14.0. The number of para-hydroxylation sites is 1. The molecule has 2 aromatic heterocycles. The van der Waals surface area contributed by atoms with Crippen LogP contribution in [0.3, 0.4) is 0 Å². The van der Waals surface area contributed by atoms with Gasteiger partial charge in [-0.25, -0.2) is 18.2 Å². The molecule has 46 heavy (non-hydrogen) atoms. The minimum Gasteiger partial charge on any atom is -0.495 e. The van der Waals surface area contributed by atoms with Crippen LogP contribution >= 0.6 is 0 Å². The van der Waals surface area contributed by atoms with Crippen molar-refractivity contribution in [3.63, 3.8) is 0 Å². The van der Waals surface area contributed by atoms with E-state index < -0.39 is 34.5 Å². The van der Waals surface area contributed by atoms with Gasteiger partial charge in [0.25, 0.3) is 0 Å². The second kappa shape index (κ2) is 14.6. The van der Waals surface area contributed by atoms with E-state index in [2.05, 4.69) is 20.6 Å². The normalized spacial score (nSPS) is 11.8. The highest BCUT2D eigenvalue weighted by Crippen LogP contribution is 2.30. The van der Waals surface area contributed by atoms with Gasteiger partial charge in [-0.2, -0.15) is 4.31 Å². The molecule has 14 heteroatoms. The van der Waals surface area contributed by atoms with Crippen LogP contribution in [0.1, 0.15) is 29.2 Å². The van der Waals surface area contributed by atoms with Crippen molar-refractivity contribution in [1.29, 1.82) is 0 Å². The fourth-order valence-electron chi connectivity index (χ4n) is 4.61. The number of nitrogens with zero attached hydrogens (tertiary/aromatic N) is 4. The number of aromatic nitrogens is 2. The summed E-state index contributed by atoms with van der Waals surface area (Å²) in [5, 5.41) is 15.1. The first-order valence-corrected chi connectivity index (χ1v) is 15.5. The van der Waals surface area contributed by atoms with Gasteiger partial charge in [0.05, 0.1) is 31.7 Å². The van der Waals surface area contributed by atoms with E-state index in [-0.39, 0.29) is 23.0 Å². The number of amides is 3. The number of methoxy groups -OCH3 is 1. The maximum Gasteiger partial charge on any atom is 0.323 e. The van der Waals surface area contributed by atoms with Gasteiger partial charge in [0.15, 0.2) is 0 Å². The van der Waals surface area contributed by atoms with Crippen molar-refractivity contribution < 1.29 is 32.6 Å². The zero-order valence-corrected chi connectivity index (χ0v) is 26.5. The Bertz CT molecular complexity index is 1820. The minimum absolute atomic E-state index is 0.0142. The molecule has 0 radical (unpaired) electrons. The maximum absolute atomic E-state index is 13.2. The molecular weight excluding hydrogens is 612 g/mol. The number of ether oxygens (including phenoxy) is 1. The second-order valence-corrected chi connectivity index (χ2v) is 12.3. The number of hydrogen-bond donors (Lipinski definition) is 3. The Morgan fingerprint density at radius 1 is 0.957 bits per heavy atom. The van der Waals surface area contributed by atoms with Crippen LogP contribution in [0.25, 0.3) is 0 Å². The molecule has 2 heterocycles. The van der Waals surface area contributed by atoms with Crippen molar-refractivity contribution >= 4 is 45.1 Å². The lowest BCUT2D eigenvalue weighted by Gasteiger charge is -2.27. The van der Waals surface area contributed by atoms with E-state index in [4.69, 9.17) is 4.74 Å². The lowest BCUT2D eigenvalue weighted by Crippen LogP contribution is -2.33. The first kappa shape index (κ1) is 33.6. The third-order valence-electron chi connectivity index (χ3n) is 7.25. The molecule has 240 valence electrons. The van der Waals surface area contributed by atoms with Crippen LogP contribution in [-0.2, 0) is 26.0 Å².